The number of piperazine rings is 1. The first-order chi connectivity index (χ1) is 14.1. The number of benzene rings is 2. The average Bonchev–Trinajstić information content (AvgIpc) is 2.69. The maximum atomic E-state index is 12.6. The Balaban J connectivity index is 1.67. The lowest BCUT2D eigenvalue weighted by molar-refractivity contribution is -0.185. The van der Waals surface area contributed by atoms with Crippen molar-refractivity contribution >= 4 is 69.0 Å². The van der Waals surface area contributed by atoms with Gasteiger partial charge in [-0.25, -0.2) is 0 Å². The maximum absolute atomic E-state index is 12.6. The molecule has 30 heavy (non-hydrogen) atoms. The highest BCUT2D eigenvalue weighted by atomic mass is 127. The van der Waals surface area contributed by atoms with Gasteiger partial charge < -0.3 is 15.1 Å². The van der Waals surface area contributed by atoms with Crippen molar-refractivity contribution in [2.45, 2.75) is 6.18 Å². The van der Waals surface area contributed by atoms with Gasteiger partial charge in [-0.3, -0.25) is 9.59 Å². The molecule has 0 atom stereocenters. The zero-order valence-electron chi connectivity index (χ0n) is 15.3. The molecule has 0 radical (unpaired) electrons. The number of hydrogen-bond donors (Lipinski definition) is 1. The van der Waals surface area contributed by atoms with Crippen LogP contribution in [-0.4, -0.2) is 49.1 Å². The molecule has 1 heterocycles. The van der Waals surface area contributed by atoms with Crippen LogP contribution in [0.15, 0.2) is 36.4 Å². The molecule has 160 valence electrons. The summed E-state index contributed by atoms with van der Waals surface area (Å²) in [6, 6.07) is 9.97. The number of nitrogens with zero attached hydrogens (tertiary/aromatic N) is 2. The maximum Gasteiger partial charge on any atom is 0.471 e. The quantitative estimate of drug-likeness (QED) is 0.524. The molecule has 3 rings (SSSR count). The third kappa shape index (κ3) is 5.30. The minimum absolute atomic E-state index is 0.0572. The summed E-state index contributed by atoms with van der Waals surface area (Å²) in [7, 11) is 0. The van der Waals surface area contributed by atoms with Crippen LogP contribution in [0.4, 0.5) is 24.5 Å². The largest absolute Gasteiger partial charge is 0.471 e. The molecule has 5 nitrogen and oxygen atoms in total. The Kier molecular flexibility index (Phi) is 7.03. The predicted octanol–water partition coefficient (Wildman–Crippen LogP) is 5.06. The Hall–Kier alpha value is -1.72. The monoisotopic (exact) mass is 571 g/mol. The average molecular weight is 572 g/mol. The fraction of sp³-hybridized carbons (Fsp3) is 0.263. The Morgan fingerprint density at radius 3 is 2.23 bits per heavy atom. The third-order valence-electron chi connectivity index (χ3n) is 4.53. The first-order valence-electron chi connectivity index (χ1n) is 8.73. The van der Waals surface area contributed by atoms with Gasteiger partial charge in [0.25, 0.3) is 5.91 Å². The molecule has 1 N–H and O–H groups in total. The SMILES string of the molecule is O=C(Nc1ccc(N2CCN(C(=O)C(F)(F)F)CC2)c(Cl)c1)c1cc(I)ccc1Cl. The summed E-state index contributed by atoms with van der Waals surface area (Å²) in [5, 5.41) is 3.38. The minimum Gasteiger partial charge on any atom is -0.367 e. The first kappa shape index (κ1) is 23.0. The molecular formula is C19H15Cl2F3IN3O2. The fourth-order valence-electron chi connectivity index (χ4n) is 3.04. The predicted molar refractivity (Wildman–Crippen MR) is 118 cm³/mol. The lowest BCUT2D eigenvalue weighted by Crippen LogP contribution is -2.52. The summed E-state index contributed by atoms with van der Waals surface area (Å²) in [4.78, 5) is 26.4. The number of anilines is 2. The highest BCUT2D eigenvalue weighted by Gasteiger charge is 2.43. The van der Waals surface area contributed by atoms with Crippen molar-refractivity contribution in [1.29, 1.82) is 0 Å². The lowest BCUT2D eigenvalue weighted by atomic mass is 10.2. The van der Waals surface area contributed by atoms with Crippen LogP contribution in [0, 0.1) is 3.57 Å². The number of amides is 2. The van der Waals surface area contributed by atoms with E-state index in [-0.39, 0.29) is 32.1 Å². The molecule has 0 unspecified atom stereocenters. The molecule has 1 aliphatic rings. The third-order valence-corrected chi connectivity index (χ3v) is 5.83. The second-order valence-electron chi connectivity index (χ2n) is 6.52. The van der Waals surface area contributed by atoms with Crippen LogP contribution < -0.4 is 10.2 Å². The van der Waals surface area contributed by atoms with Crippen molar-refractivity contribution in [3.63, 3.8) is 0 Å². The first-order valence-corrected chi connectivity index (χ1v) is 10.6. The van der Waals surface area contributed by atoms with Crippen molar-refractivity contribution in [3.05, 3.63) is 55.6 Å². The summed E-state index contributed by atoms with van der Waals surface area (Å²) in [6.07, 6.45) is -4.88. The molecule has 11 heteroatoms. The summed E-state index contributed by atoms with van der Waals surface area (Å²) < 4.78 is 38.6. The highest BCUT2D eigenvalue weighted by molar-refractivity contribution is 14.1. The number of alkyl halides is 3. The number of hydrogen-bond acceptors (Lipinski definition) is 3. The van der Waals surface area contributed by atoms with Crippen molar-refractivity contribution < 1.29 is 22.8 Å². The van der Waals surface area contributed by atoms with Crippen LogP contribution in [0.25, 0.3) is 0 Å². The van der Waals surface area contributed by atoms with Crippen molar-refractivity contribution in [2.75, 3.05) is 36.4 Å². The van der Waals surface area contributed by atoms with Gasteiger partial charge in [-0.15, -0.1) is 0 Å². The number of nitrogens with one attached hydrogen (secondary N) is 1. The Labute approximate surface area is 194 Å². The van der Waals surface area contributed by atoms with E-state index in [1.165, 1.54) is 0 Å². The Morgan fingerprint density at radius 2 is 1.63 bits per heavy atom. The van der Waals surface area contributed by atoms with Gasteiger partial charge in [0.1, 0.15) is 0 Å². The van der Waals surface area contributed by atoms with E-state index >= 15 is 0 Å². The van der Waals surface area contributed by atoms with E-state index in [2.05, 4.69) is 27.9 Å². The molecular weight excluding hydrogens is 557 g/mol. The van der Waals surface area contributed by atoms with Gasteiger partial charge in [0, 0.05) is 35.4 Å². The molecule has 1 fully saturated rings. The zero-order valence-corrected chi connectivity index (χ0v) is 18.9. The van der Waals surface area contributed by atoms with Gasteiger partial charge in [0.05, 0.1) is 21.3 Å². The number of carbonyl (C=O) groups is 2. The smallest absolute Gasteiger partial charge is 0.367 e. The topological polar surface area (TPSA) is 52.7 Å². The summed E-state index contributed by atoms with van der Waals surface area (Å²) in [6.45, 7) is 0.313. The second-order valence-corrected chi connectivity index (χ2v) is 8.58. The molecule has 2 aromatic rings. The molecule has 0 spiro atoms. The van der Waals surface area contributed by atoms with Crippen molar-refractivity contribution in [3.8, 4) is 0 Å². The number of rotatable bonds is 3. The molecule has 2 amide bonds. The van der Waals surface area contributed by atoms with Crippen LogP contribution >= 0.6 is 45.8 Å². The van der Waals surface area contributed by atoms with Gasteiger partial charge in [0.15, 0.2) is 0 Å². The van der Waals surface area contributed by atoms with Crippen LogP contribution in [-0.2, 0) is 4.79 Å². The molecule has 0 aromatic heterocycles. The van der Waals surface area contributed by atoms with Gasteiger partial charge in [-0.05, 0) is 59.0 Å². The number of carbonyl (C=O) groups excluding carboxylic acids is 2. The molecule has 0 saturated carbocycles. The molecule has 1 saturated heterocycles. The van der Waals surface area contributed by atoms with E-state index in [1.807, 2.05) is 0 Å². The zero-order chi connectivity index (χ0) is 22.1. The van der Waals surface area contributed by atoms with Crippen molar-refractivity contribution in [1.82, 2.24) is 4.90 Å². The van der Waals surface area contributed by atoms with Gasteiger partial charge >= 0.3 is 12.1 Å². The summed E-state index contributed by atoms with van der Waals surface area (Å²) >= 11 is 14.5. The summed E-state index contributed by atoms with van der Waals surface area (Å²) in [5.74, 6) is -2.22. The Morgan fingerprint density at radius 1 is 0.967 bits per heavy atom. The second kappa shape index (κ2) is 9.19. The van der Waals surface area contributed by atoms with Gasteiger partial charge in [-0.1, -0.05) is 23.2 Å². The van der Waals surface area contributed by atoms with E-state index in [9.17, 15) is 22.8 Å². The van der Waals surface area contributed by atoms with Gasteiger partial charge in [0.2, 0.25) is 0 Å². The van der Waals surface area contributed by atoms with E-state index in [0.29, 0.717) is 27.0 Å². The molecule has 1 aliphatic heterocycles. The van der Waals surface area contributed by atoms with E-state index < -0.39 is 12.1 Å². The molecule has 2 aromatic carbocycles. The van der Waals surface area contributed by atoms with E-state index in [0.717, 1.165) is 8.47 Å². The Bertz CT molecular complexity index is 980. The normalized spacial score (nSPS) is 14.6. The molecule has 0 bridgehead atoms. The minimum atomic E-state index is -4.88. The van der Waals surface area contributed by atoms with Crippen molar-refractivity contribution in [2.24, 2.45) is 0 Å². The standard InChI is InChI=1S/C19H15Cl2F3IN3O2/c20-14-3-1-11(25)9-13(14)17(29)26-12-2-4-16(15(21)10-12)27-5-7-28(8-6-27)18(30)19(22,23)24/h1-4,9-10H,5-8H2,(H,26,29). The van der Waals surface area contributed by atoms with Crippen LogP contribution in [0.1, 0.15) is 10.4 Å². The van der Waals surface area contributed by atoms with Crippen LogP contribution in [0.2, 0.25) is 10.0 Å². The van der Waals surface area contributed by atoms with Crippen LogP contribution in [0.5, 0.6) is 0 Å². The summed E-state index contributed by atoms with van der Waals surface area (Å²) in [5.41, 5.74) is 1.39. The lowest BCUT2D eigenvalue weighted by Gasteiger charge is -2.36. The fourth-order valence-corrected chi connectivity index (χ4v) is 4.04. The van der Waals surface area contributed by atoms with E-state index in [4.69, 9.17) is 23.2 Å². The highest BCUT2D eigenvalue weighted by Crippen LogP contribution is 2.31. The van der Waals surface area contributed by atoms with E-state index in [1.54, 1.807) is 41.3 Å². The molecule has 0 aliphatic carbocycles. The van der Waals surface area contributed by atoms with Crippen LogP contribution in [0.3, 0.4) is 0 Å². The number of halogens is 6. The van der Waals surface area contributed by atoms with Gasteiger partial charge in [-0.2, -0.15) is 13.2 Å².